The number of fused-ring (bicyclic) bond motifs is 1. The minimum absolute atomic E-state index is 0.0846. The first-order valence-electron chi connectivity index (χ1n) is 6.56. The minimum atomic E-state index is -1.13. The lowest BCUT2D eigenvalue weighted by Crippen LogP contribution is -2.40. The van der Waals surface area contributed by atoms with Gasteiger partial charge in [-0.3, -0.25) is 0 Å². The maximum atomic E-state index is 12.2. The van der Waals surface area contributed by atoms with Crippen molar-refractivity contribution in [3.63, 3.8) is 0 Å². The van der Waals surface area contributed by atoms with Crippen molar-refractivity contribution in [1.29, 1.82) is 0 Å². The number of hydrogen-bond acceptors (Lipinski definition) is 4. The van der Waals surface area contributed by atoms with Crippen LogP contribution in [-0.4, -0.2) is 22.5 Å². The Kier molecular flexibility index (Phi) is 4.89. The van der Waals surface area contributed by atoms with E-state index in [9.17, 15) is 4.55 Å². The molecule has 0 spiro atoms. The van der Waals surface area contributed by atoms with E-state index < -0.39 is 11.4 Å². The van der Waals surface area contributed by atoms with Gasteiger partial charge in [-0.15, -0.1) is 4.72 Å². The Bertz CT molecular complexity index is 490. The Morgan fingerprint density at radius 3 is 2.45 bits per heavy atom. The predicted molar refractivity (Wildman–Crippen MR) is 84.6 cm³/mol. The number of rotatable bonds is 3. The molecule has 0 unspecified atom stereocenters. The monoisotopic (exact) mass is 361 g/mol. The van der Waals surface area contributed by atoms with Crippen LogP contribution in [0.2, 0.25) is 0 Å². The summed E-state index contributed by atoms with van der Waals surface area (Å²) in [6.07, 6.45) is 0. The van der Waals surface area contributed by atoms with Gasteiger partial charge in [-0.2, -0.15) is 0 Å². The second-order valence-electron chi connectivity index (χ2n) is 5.71. The lowest BCUT2D eigenvalue weighted by Gasteiger charge is -2.28. The molecule has 4 nitrogen and oxygen atoms in total. The maximum Gasteiger partial charge on any atom is 0.175 e. The first-order chi connectivity index (χ1) is 9.30. The highest BCUT2D eigenvalue weighted by Gasteiger charge is 2.30. The van der Waals surface area contributed by atoms with Crippen molar-refractivity contribution in [1.82, 2.24) is 4.72 Å². The third-order valence-corrected chi connectivity index (χ3v) is 5.28. The normalized spacial score (nSPS) is 17.7. The largest absolute Gasteiger partial charge is 0.598 e. The third-order valence-electron chi connectivity index (χ3n) is 2.98. The lowest BCUT2D eigenvalue weighted by atomic mass is 10.1. The second-order valence-corrected chi connectivity index (χ2v) is 8.56. The summed E-state index contributed by atoms with van der Waals surface area (Å²) < 4.78 is 27.3. The van der Waals surface area contributed by atoms with Crippen molar-refractivity contribution in [3.8, 4) is 11.5 Å². The summed E-state index contributed by atoms with van der Waals surface area (Å²) in [5.74, 6) is 1.46. The van der Waals surface area contributed by atoms with E-state index in [-0.39, 0.29) is 10.8 Å². The van der Waals surface area contributed by atoms with Gasteiger partial charge < -0.3 is 14.0 Å². The fourth-order valence-corrected chi connectivity index (χ4v) is 3.09. The Morgan fingerprint density at radius 1 is 1.25 bits per heavy atom. The summed E-state index contributed by atoms with van der Waals surface area (Å²) in [4.78, 5) is 0. The second kappa shape index (κ2) is 6.13. The van der Waals surface area contributed by atoms with Gasteiger partial charge in [0.2, 0.25) is 0 Å². The van der Waals surface area contributed by atoms with Crippen LogP contribution in [0.3, 0.4) is 0 Å². The maximum absolute atomic E-state index is 12.2. The molecule has 1 aromatic carbocycles. The fourth-order valence-electron chi connectivity index (χ4n) is 1.87. The molecule has 20 heavy (non-hydrogen) atoms. The molecule has 6 heteroatoms. The van der Waals surface area contributed by atoms with E-state index in [2.05, 4.69) is 20.7 Å². The number of nitrogens with one attached hydrogen (secondary N) is 1. The van der Waals surface area contributed by atoms with E-state index in [0.29, 0.717) is 13.2 Å². The molecule has 0 aliphatic carbocycles. The molecule has 1 aliphatic rings. The molecule has 2 rings (SSSR count). The van der Waals surface area contributed by atoms with Gasteiger partial charge >= 0.3 is 0 Å². The summed E-state index contributed by atoms with van der Waals surface area (Å²) in [6.45, 7) is 8.89. The van der Waals surface area contributed by atoms with Crippen LogP contribution in [0.5, 0.6) is 11.5 Å². The minimum Gasteiger partial charge on any atom is -0.598 e. The Balaban J connectivity index is 2.24. The van der Waals surface area contributed by atoms with Crippen LogP contribution in [0, 0.1) is 0 Å². The molecule has 1 aliphatic heterocycles. The van der Waals surface area contributed by atoms with Crippen molar-refractivity contribution in [2.24, 2.45) is 0 Å². The van der Waals surface area contributed by atoms with E-state index in [1.54, 1.807) is 0 Å². The highest BCUT2D eigenvalue weighted by Crippen LogP contribution is 2.42. The van der Waals surface area contributed by atoms with Gasteiger partial charge in [0.25, 0.3) is 0 Å². The number of hydrogen-bond donors (Lipinski definition) is 1. The molecular weight excluding hydrogens is 342 g/mol. The fraction of sp³-hybridized carbons (Fsp3) is 0.571. The highest BCUT2D eigenvalue weighted by atomic mass is 79.9. The van der Waals surface area contributed by atoms with Crippen LogP contribution < -0.4 is 14.2 Å². The van der Waals surface area contributed by atoms with E-state index in [0.717, 1.165) is 21.5 Å². The average molecular weight is 362 g/mol. The zero-order valence-electron chi connectivity index (χ0n) is 12.2. The van der Waals surface area contributed by atoms with Crippen LogP contribution in [0.15, 0.2) is 16.6 Å². The first-order valence-corrected chi connectivity index (χ1v) is 8.51. The molecule has 112 valence electrons. The van der Waals surface area contributed by atoms with E-state index >= 15 is 0 Å². The Labute approximate surface area is 131 Å². The summed E-state index contributed by atoms with van der Waals surface area (Å²) in [6, 6.07) is 3.81. The highest BCUT2D eigenvalue weighted by molar-refractivity contribution is 9.10. The summed E-state index contributed by atoms with van der Waals surface area (Å²) in [7, 11) is 0. The van der Waals surface area contributed by atoms with Crippen LogP contribution in [0.4, 0.5) is 0 Å². The van der Waals surface area contributed by atoms with Gasteiger partial charge in [0.1, 0.15) is 18.0 Å². The van der Waals surface area contributed by atoms with Crippen molar-refractivity contribution >= 4 is 27.3 Å². The van der Waals surface area contributed by atoms with Gasteiger partial charge in [-0.1, -0.05) is 6.07 Å². The summed E-state index contributed by atoms with van der Waals surface area (Å²) in [5.41, 5.74) is 0.959. The van der Waals surface area contributed by atoms with E-state index in [4.69, 9.17) is 9.47 Å². The van der Waals surface area contributed by atoms with Gasteiger partial charge in [0, 0.05) is 16.9 Å². The average Bonchev–Trinajstić information content (AvgIpc) is 2.38. The predicted octanol–water partition coefficient (Wildman–Crippen LogP) is 3.33. The lowest BCUT2D eigenvalue weighted by molar-refractivity contribution is 0.168. The summed E-state index contributed by atoms with van der Waals surface area (Å²) in [5, 5.41) is 0. The molecule has 0 aromatic heterocycles. The van der Waals surface area contributed by atoms with Gasteiger partial charge in [0.05, 0.1) is 10.5 Å². The van der Waals surface area contributed by atoms with Gasteiger partial charge in [-0.05, 0) is 49.7 Å². The number of halogens is 1. The Hall–Kier alpha value is -0.430. The Morgan fingerprint density at radius 2 is 1.85 bits per heavy atom. The van der Waals surface area contributed by atoms with Crippen LogP contribution in [-0.2, 0) is 11.4 Å². The van der Waals surface area contributed by atoms with Crippen molar-refractivity contribution < 1.29 is 14.0 Å². The van der Waals surface area contributed by atoms with Gasteiger partial charge in [-0.25, -0.2) is 0 Å². The summed E-state index contributed by atoms with van der Waals surface area (Å²) >= 11 is 2.33. The van der Waals surface area contributed by atoms with Crippen molar-refractivity contribution in [3.05, 3.63) is 22.2 Å². The molecule has 1 N–H and O–H groups in total. The van der Waals surface area contributed by atoms with Crippen LogP contribution >= 0.6 is 15.9 Å². The van der Waals surface area contributed by atoms with E-state index in [1.165, 1.54) is 0 Å². The van der Waals surface area contributed by atoms with Crippen molar-refractivity contribution in [2.75, 3.05) is 13.2 Å². The standard InChI is InChI=1S/C14H20BrNO3S/c1-9(16-20(17)14(2,3)4)10-5-6-11(15)13-12(10)18-7-8-19-13/h5-6,9,16H,7-8H2,1-4H3/t9-,20-/m0/s1. The zero-order chi connectivity index (χ0) is 14.9. The molecule has 0 saturated heterocycles. The molecule has 0 fully saturated rings. The SMILES string of the molecule is C[C@H](N[S@@+]([O-])C(C)(C)C)c1ccc(Br)c2c1OCCO2. The molecule has 0 amide bonds. The topological polar surface area (TPSA) is 53.5 Å². The first kappa shape index (κ1) is 15.9. The molecule has 0 saturated carbocycles. The van der Waals surface area contributed by atoms with Gasteiger partial charge in [0.15, 0.2) is 11.5 Å². The molecule has 1 aromatic rings. The molecular formula is C14H20BrNO3S. The zero-order valence-corrected chi connectivity index (χ0v) is 14.6. The smallest absolute Gasteiger partial charge is 0.175 e. The quantitative estimate of drug-likeness (QED) is 0.838. The van der Waals surface area contributed by atoms with Crippen LogP contribution in [0.25, 0.3) is 0 Å². The van der Waals surface area contributed by atoms with E-state index in [1.807, 2.05) is 39.8 Å². The third kappa shape index (κ3) is 3.42. The number of ether oxygens (including phenoxy) is 2. The molecule has 0 radical (unpaired) electrons. The number of benzene rings is 1. The van der Waals surface area contributed by atoms with Crippen LogP contribution in [0.1, 0.15) is 39.3 Å². The van der Waals surface area contributed by atoms with Crippen molar-refractivity contribution in [2.45, 2.75) is 38.5 Å². The molecule has 0 bridgehead atoms. The molecule has 1 heterocycles. The molecule has 2 atom stereocenters.